The summed E-state index contributed by atoms with van der Waals surface area (Å²) in [7, 11) is 0. The average molecular weight is 354 g/mol. The van der Waals surface area contributed by atoms with Gasteiger partial charge in [-0.25, -0.2) is 4.39 Å². The SMILES string of the molecule is CC1(C)CCCC1C(Br)c1cc2c(cc1F)NC(=O)CC2. The molecule has 2 nitrogen and oxygen atoms in total. The van der Waals surface area contributed by atoms with E-state index in [2.05, 4.69) is 35.1 Å². The van der Waals surface area contributed by atoms with Gasteiger partial charge in [0.15, 0.2) is 0 Å². The first-order chi connectivity index (χ1) is 9.88. The minimum Gasteiger partial charge on any atom is -0.326 e. The summed E-state index contributed by atoms with van der Waals surface area (Å²) in [5.41, 5.74) is 2.67. The molecule has 2 aliphatic rings. The molecule has 0 spiro atoms. The summed E-state index contributed by atoms with van der Waals surface area (Å²) in [4.78, 5) is 11.4. The standard InChI is InChI=1S/C17H21BrFNO/c1-17(2)7-3-4-12(17)16(18)11-8-10-5-6-15(21)20-14(10)9-13(11)19/h8-9,12,16H,3-7H2,1-2H3,(H,20,21). The number of carbonyl (C=O) groups is 1. The zero-order valence-corrected chi connectivity index (χ0v) is 14.1. The highest BCUT2D eigenvalue weighted by atomic mass is 79.9. The minimum atomic E-state index is -0.222. The summed E-state index contributed by atoms with van der Waals surface area (Å²) in [5.74, 6) is 0.200. The van der Waals surface area contributed by atoms with Crippen LogP contribution in [0.1, 0.15) is 55.5 Å². The first-order valence-corrected chi connectivity index (χ1v) is 8.56. The van der Waals surface area contributed by atoms with E-state index < -0.39 is 0 Å². The van der Waals surface area contributed by atoms with E-state index in [9.17, 15) is 9.18 Å². The highest BCUT2D eigenvalue weighted by Crippen LogP contribution is 2.52. The maximum absolute atomic E-state index is 14.5. The number of alkyl halides is 1. The van der Waals surface area contributed by atoms with E-state index in [0.717, 1.165) is 17.5 Å². The van der Waals surface area contributed by atoms with Gasteiger partial charge in [0.05, 0.1) is 0 Å². The van der Waals surface area contributed by atoms with Crippen LogP contribution in [0.3, 0.4) is 0 Å². The fourth-order valence-corrected chi connectivity index (χ4v) is 5.08. The summed E-state index contributed by atoms with van der Waals surface area (Å²) in [6, 6.07) is 3.43. The molecule has 1 aromatic rings. The second kappa shape index (κ2) is 5.38. The number of fused-ring (bicyclic) bond motifs is 1. The van der Waals surface area contributed by atoms with Gasteiger partial charge in [-0.15, -0.1) is 0 Å². The molecule has 2 unspecified atom stereocenters. The smallest absolute Gasteiger partial charge is 0.224 e. The van der Waals surface area contributed by atoms with E-state index in [1.807, 2.05) is 6.07 Å². The van der Waals surface area contributed by atoms with Gasteiger partial charge in [0.2, 0.25) is 5.91 Å². The Morgan fingerprint density at radius 3 is 2.81 bits per heavy atom. The normalized spacial score (nSPS) is 25.3. The molecule has 0 aromatic heterocycles. The lowest BCUT2D eigenvalue weighted by Crippen LogP contribution is -2.23. The van der Waals surface area contributed by atoms with Gasteiger partial charge < -0.3 is 5.32 Å². The van der Waals surface area contributed by atoms with Crippen molar-refractivity contribution in [3.8, 4) is 0 Å². The number of anilines is 1. The zero-order chi connectivity index (χ0) is 15.2. The number of benzene rings is 1. The zero-order valence-electron chi connectivity index (χ0n) is 12.5. The molecule has 21 heavy (non-hydrogen) atoms. The van der Waals surface area contributed by atoms with Crippen LogP contribution in [0.4, 0.5) is 10.1 Å². The summed E-state index contributed by atoms with van der Waals surface area (Å²) in [6.07, 6.45) is 4.73. The van der Waals surface area contributed by atoms with Gasteiger partial charge in [0, 0.05) is 22.5 Å². The molecule has 0 bridgehead atoms. The van der Waals surface area contributed by atoms with E-state index in [0.29, 0.717) is 24.4 Å². The van der Waals surface area contributed by atoms with E-state index in [1.54, 1.807) is 0 Å². The summed E-state index contributed by atoms with van der Waals surface area (Å²) in [5, 5.41) is 2.76. The van der Waals surface area contributed by atoms with Crippen LogP contribution in [0.2, 0.25) is 0 Å². The lowest BCUT2D eigenvalue weighted by atomic mass is 9.78. The van der Waals surface area contributed by atoms with E-state index in [1.165, 1.54) is 18.9 Å². The fourth-order valence-electron chi connectivity index (χ4n) is 3.75. The molecule has 0 radical (unpaired) electrons. The van der Waals surface area contributed by atoms with E-state index in [-0.39, 0.29) is 22.0 Å². The minimum absolute atomic E-state index is 0.0260. The maximum atomic E-state index is 14.5. The van der Waals surface area contributed by atoms with E-state index in [4.69, 9.17) is 0 Å². The van der Waals surface area contributed by atoms with Crippen molar-refractivity contribution >= 4 is 27.5 Å². The van der Waals surface area contributed by atoms with Crippen LogP contribution in [0, 0.1) is 17.2 Å². The van der Waals surface area contributed by atoms with E-state index >= 15 is 0 Å². The Kier molecular flexibility index (Phi) is 3.85. The topological polar surface area (TPSA) is 29.1 Å². The summed E-state index contributed by atoms with van der Waals surface area (Å²) < 4.78 is 14.5. The van der Waals surface area contributed by atoms with Crippen molar-refractivity contribution in [3.63, 3.8) is 0 Å². The Hall–Kier alpha value is -0.900. The molecule has 0 saturated heterocycles. The Morgan fingerprint density at radius 2 is 2.14 bits per heavy atom. The van der Waals surface area contributed by atoms with Gasteiger partial charge >= 0.3 is 0 Å². The van der Waals surface area contributed by atoms with Crippen molar-refractivity contribution in [1.29, 1.82) is 0 Å². The number of halogens is 2. The van der Waals surface area contributed by atoms with Gasteiger partial charge in [-0.05, 0) is 48.3 Å². The highest BCUT2D eigenvalue weighted by molar-refractivity contribution is 9.09. The van der Waals surface area contributed by atoms with Crippen LogP contribution in [-0.2, 0) is 11.2 Å². The maximum Gasteiger partial charge on any atom is 0.224 e. The Bertz CT molecular complexity index is 584. The molecule has 4 heteroatoms. The Labute approximate surface area is 133 Å². The molecule has 1 aliphatic carbocycles. The number of hydrogen-bond acceptors (Lipinski definition) is 1. The third kappa shape index (κ3) is 2.75. The summed E-state index contributed by atoms with van der Waals surface area (Å²) in [6.45, 7) is 4.55. The second-order valence-corrected chi connectivity index (χ2v) is 7.95. The second-order valence-electron chi connectivity index (χ2n) is 6.97. The van der Waals surface area contributed by atoms with Crippen molar-refractivity contribution in [2.24, 2.45) is 11.3 Å². The van der Waals surface area contributed by atoms with Crippen molar-refractivity contribution < 1.29 is 9.18 Å². The molecule has 1 aromatic carbocycles. The molecule has 1 heterocycles. The first kappa shape index (κ1) is 15.0. The van der Waals surface area contributed by atoms with Gasteiger partial charge in [-0.1, -0.05) is 36.2 Å². The van der Waals surface area contributed by atoms with Crippen LogP contribution in [0.5, 0.6) is 0 Å². The third-order valence-electron chi connectivity index (χ3n) is 5.11. The molecule has 1 aliphatic heterocycles. The quantitative estimate of drug-likeness (QED) is 0.747. The molecule has 3 rings (SSSR count). The predicted octanol–water partition coefficient (Wildman–Crippen LogP) is 4.97. The monoisotopic (exact) mass is 353 g/mol. The molecular formula is C17H21BrFNO. The molecule has 2 atom stereocenters. The first-order valence-electron chi connectivity index (χ1n) is 7.65. The van der Waals surface area contributed by atoms with Crippen molar-refractivity contribution in [2.75, 3.05) is 5.32 Å². The molecule has 1 saturated carbocycles. The van der Waals surface area contributed by atoms with Gasteiger partial charge in [0.1, 0.15) is 5.82 Å². The van der Waals surface area contributed by atoms with Crippen LogP contribution < -0.4 is 5.32 Å². The third-order valence-corrected chi connectivity index (χ3v) is 6.24. The van der Waals surface area contributed by atoms with Crippen molar-refractivity contribution in [2.45, 2.75) is 50.8 Å². The average Bonchev–Trinajstić information content (AvgIpc) is 2.76. The van der Waals surface area contributed by atoms with Crippen molar-refractivity contribution in [3.05, 3.63) is 29.1 Å². The van der Waals surface area contributed by atoms with Crippen LogP contribution in [0.25, 0.3) is 0 Å². The number of carbonyl (C=O) groups excluding carboxylic acids is 1. The molecule has 1 amide bonds. The fraction of sp³-hybridized carbons (Fsp3) is 0.588. The van der Waals surface area contributed by atoms with Crippen LogP contribution >= 0.6 is 15.9 Å². The van der Waals surface area contributed by atoms with Crippen LogP contribution in [0.15, 0.2) is 12.1 Å². The highest BCUT2D eigenvalue weighted by Gasteiger charge is 2.40. The van der Waals surface area contributed by atoms with Crippen LogP contribution in [-0.4, -0.2) is 5.91 Å². The number of aryl methyl sites for hydroxylation is 1. The van der Waals surface area contributed by atoms with Gasteiger partial charge in [-0.2, -0.15) is 0 Å². The molecule has 114 valence electrons. The summed E-state index contributed by atoms with van der Waals surface area (Å²) >= 11 is 3.75. The number of hydrogen-bond donors (Lipinski definition) is 1. The predicted molar refractivity (Wildman–Crippen MR) is 86.1 cm³/mol. The number of nitrogens with one attached hydrogen (secondary N) is 1. The molecule has 1 fully saturated rings. The molecule has 1 N–H and O–H groups in total. The lowest BCUT2D eigenvalue weighted by Gasteiger charge is -2.32. The number of rotatable bonds is 2. The van der Waals surface area contributed by atoms with Gasteiger partial charge in [-0.3, -0.25) is 4.79 Å². The Morgan fingerprint density at radius 1 is 1.38 bits per heavy atom. The molecular weight excluding hydrogens is 333 g/mol. The number of amides is 1. The van der Waals surface area contributed by atoms with Gasteiger partial charge in [0.25, 0.3) is 0 Å². The lowest BCUT2D eigenvalue weighted by molar-refractivity contribution is -0.116. The largest absolute Gasteiger partial charge is 0.326 e. The Balaban J connectivity index is 1.94. The van der Waals surface area contributed by atoms with Crippen molar-refractivity contribution in [1.82, 2.24) is 0 Å².